The molecule has 8 nitrogen and oxygen atoms in total. The lowest BCUT2D eigenvalue weighted by Crippen LogP contribution is -2.36. The van der Waals surface area contributed by atoms with Gasteiger partial charge in [0.2, 0.25) is 0 Å². The molecule has 0 saturated carbocycles. The van der Waals surface area contributed by atoms with Crippen LogP contribution in [0, 0.1) is 17.1 Å². The zero-order chi connectivity index (χ0) is 24.2. The SMILES string of the molecule is N#Cc1ccc(C(=O)Nc2ccc(Oc3ccc4ncc(N5CCOCC5)nc4c3)c(F)c2)cc1. The summed E-state index contributed by atoms with van der Waals surface area (Å²) in [4.78, 5) is 23.6. The fourth-order valence-electron chi connectivity index (χ4n) is 3.68. The summed E-state index contributed by atoms with van der Waals surface area (Å²) in [6.45, 7) is 2.78. The van der Waals surface area contributed by atoms with Crippen LogP contribution < -0.4 is 15.0 Å². The number of ether oxygens (including phenoxy) is 2. The van der Waals surface area contributed by atoms with Crippen molar-refractivity contribution in [3.8, 4) is 17.6 Å². The summed E-state index contributed by atoms with van der Waals surface area (Å²) in [5, 5.41) is 11.5. The van der Waals surface area contributed by atoms with E-state index < -0.39 is 11.7 Å². The maximum absolute atomic E-state index is 14.7. The van der Waals surface area contributed by atoms with Gasteiger partial charge in [0.15, 0.2) is 11.6 Å². The topological polar surface area (TPSA) is 100 Å². The fourth-order valence-corrected chi connectivity index (χ4v) is 3.68. The van der Waals surface area contributed by atoms with Gasteiger partial charge >= 0.3 is 0 Å². The maximum atomic E-state index is 14.7. The van der Waals surface area contributed by atoms with Crippen LogP contribution in [0.1, 0.15) is 15.9 Å². The van der Waals surface area contributed by atoms with Gasteiger partial charge in [-0.25, -0.2) is 9.37 Å². The highest BCUT2D eigenvalue weighted by Gasteiger charge is 2.14. The van der Waals surface area contributed by atoms with E-state index in [4.69, 9.17) is 14.7 Å². The molecular weight excluding hydrogens is 449 g/mol. The molecule has 174 valence electrons. The monoisotopic (exact) mass is 469 g/mol. The first kappa shape index (κ1) is 22.3. The molecule has 2 heterocycles. The Morgan fingerprint density at radius 1 is 1.06 bits per heavy atom. The van der Waals surface area contributed by atoms with E-state index >= 15 is 0 Å². The van der Waals surface area contributed by atoms with Crippen molar-refractivity contribution in [1.29, 1.82) is 5.26 Å². The third-order valence-electron chi connectivity index (χ3n) is 5.53. The Balaban J connectivity index is 1.30. The number of aromatic nitrogens is 2. The number of nitrogens with one attached hydrogen (secondary N) is 1. The molecule has 9 heteroatoms. The highest BCUT2D eigenvalue weighted by molar-refractivity contribution is 6.04. The van der Waals surface area contributed by atoms with Gasteiger partial charge < -0.3 is 19.7 Å². The van der Waals surface area contributed by atoms with Gasteiger partial charge in [0.1, 0.15) is 11.6 Å². The number of anilines is 2. The molecule has 0 bridgehead atoms. The summed E-state index contributed by atoms with van der Waals surface area (Å²) in [6, 6.07) is 17.5. The number of halogens is 1. The van der Waals surface area contributed by atoms with Crippen molar-refractivity contribution in [3.05, 3.63) is 83.8 Å². The molecule has 1 fully saturated rings. The minimum absolute atomic E-state index is 0.0121. The molecular formula is C26H20FN5O3. The van der Waals surface area contributed by atoms with Crippen LogP contribution in [0.4, 0.5) is 15.9 Å². The van der Waals surface area contributed by atoms with Gasteiger partial charge in [-0.2, -0.15) is 5.26 Å². The molecule has 1 N–H and O–H groups in total. The minimum Gasteiger partial charge on any atom is -0.454 e. The van der Waals surface area contributed by atoms with Gasteiger partial charge in [-0.05, 0) is 48.5 Å². The lowest BCUT2D eigenvalue weighted by molar-refractivity contribution is 0.102. The molecule has 35 heavy (non-hydrogen) atoms. The quantitative estimate of drug-likeness (QED) is 0.459. The number of carbonyl (C=O) groups excluding carboxylic acids is 1. The maximum Gasteiger partial charge on any atom is 0.255 e. The molecule has 5 rings (SSSR count). The Hall–Kier alpha value is -4.55. The van der Waals surface area contributed by atoms with Gasteiger partial charge in [0.25, 0.3) is 5.91 Å². The van der Waals surface area contributed by atoms with E-state index in [1.807, 2.05) is 6.07 Å². The Bertz CT molecular complexity index is 1430. The average molecular weight is 469 g/mol. The second kappa shape index (κ2) is 9.75. The van der Waals surface area contributed by atoms with Crippen LogP contribution in [-0.4, -0.2) is 42.2 Å². The molecule has 0 unspecified atom stereocenters. The zero-order valence-corrected chi connectivity index (χ0v) is 18.6. The van der Waals surface area contributed by atoms with Crippen molar-refractivity contribution >= 4 is 28.4 Å². The molecule has 0 atom stereocenters. The van der Waals surface area contributed by atoms with Crippen molar-refractivity contribution in [2.75, 3.05) is 36.5 Å². The second-order valence-electron chi connectivity index (χ2n) is 7.87. The Morgan fingerprint density at radius 2 is 1.86 bits per heavy atom. The van der Waals surface area contributed by atoms with E-state index in [9.17, 15) is 9.18 Å². The van der Waals surface area contributed by atoms with Crippen molar-refractivity contribution in [1.82, 2.24) is 9.97 Å². The lowest BCUT2D eigenvalue weighted by atomic mass is 10.1. The summed E-state index contributed by atoms with van der Waals surface area (Å²) in [7, 11) is 0. The predicted octanol–water partition coefficient (Wildman–Crippen LogP) is 4.52. The number of fused-ring (bicyclic) bond motifs is 1. The van der Waals surface area contributed by atoms with Gasteiger partial charge in [-0.3, -0.25) is 9.78 Å². The van der Waals surface area contributed by atoms with Crippen molar-refractivity contribution in [3.63, 3.8) is 0 Å². The Labute approximate surface area is 200 Å². The number of amides is 1. The lowest BCUT2D eigenvalue weighted by Gasteiger charge is -2.27. The van der Waals surface area contributed by atoms with Crippen molar-refractivity contribution in [2.45, 2.75) is 0 Å². The van der Waals surface area contributed by atoms with Gasteiger partial charge in [-0.1, -0.05) is 0 Å². The third-order valence-corrected chi connectivity index (χ3v) is 5.53. The first-order valence-corrected chi connectivity index (χ1v) is 11.0. The summed E-state index contributed by atoms with van der Waals surface area (Å²) < 4.78 is 25.9. The Kier molecular flexibility index (Phi) is 6.20. The fraction of sp³-hybridized carbons (Fsp3) is 0.154. The molecule has 1 aliphatic rings. The summed E-state index contributed by atoms with van der Waals surface area (Å²) in [5.74, 6) is 0.145. The molecule has 1 amide bonds. The van der Waals surface area contributed by atoms with Crippen LogP contribution in [0.3, 0.4) is 0 Å². The van der Waals surface area contributed by atoms with Crippen LogP contribution >= 0.6 is 0 Å². The zero-order valence-electron chi connectivity index (χ0n) is 18.6. The second-order valence-corrected chi connectivity index (χ2v) is 7.87. The molecule has 3 aromatic carbocycles. The Morgan fingerprint density at radius 3 is 2.60 bits per heavy atom. The highest BCUT2D eigenvalue weighted by atomic mass is 19.1. The van der Waals surface area contributed by atoms with Gasteiger partial charge in [-0.15, -0.1) is 0 Å². The van der Waals surface area contributed by atoms with E-state index in [0.29, 0.717) is 41.1 Å². The highest BCUT2D eigenvalue weighted by Crippen LogP contribution is 2.29. The summed E-state index contributed by atoms with van der Waals surface area (Å²) in [5.41, 5.74) is 2.43. The number of hydrogen-bond acceptors (Lipinski definition) is 7. The van der Waals surface area contributed by atoms with Gasteiger partial charge in [0.05, 0.1) is 42.1 Å². The van der Waals surface area contributed by atoms with Crippen LogP contribution in [0.25, 0.3) is 11.0 Å². The first-order valence-electron chi connectivity index (χ1n) is 11.0. The predicted molar refractivity (Wildman–Crippen MR) is 128 cm³/mol. The molecule has 1 aromatic heterocycles. The number of rotatable bonds is 5. The van der Waals surface area contributed by atoms with Crippen LogP contribution in [-0.2, 0) is 4.74 Å². The normalized spacial score (nSPS) is 13.3. The van der Waals surface area contributed by atoms with E-state index in [-0.39, 0.29) is 11.4 Å². The van der Waals surface area contributed by atoms with E-state index in [0.717, 1.165) is 18.9 Å². The van der Waals surface area contributed by atoms with Crippen molar-refractivity contribution in [2.24, 2.45) is 0 Å². The number of carbonyl (C=O) groups is 1. The smallest absolute Gasteiger partial charge is 0.255 e. The minimum atomic E-state index is -0.629. The number of nitriles is 1. The van der Waals surface area contributed by atoms with Crippen LogP contribution in [0.2, 0.25) is 0 Å². The van der Waals surface area contributed by atoms with E-state index in [1.165, 1.54) is 24.3 Å². The summed E-state index contributed by atoms with van der Waals surface area (Å²) >= 11 is 0. The molecule has 0 aliphatic carbocycles. The first-order chi connectivity index (χ1) is 17.1. The van der Waals surface area contributed by atoms with Crippen molar-refractivity contribution < 1.29 is 18.7 Å². The number of nitrogens with zero attached hydrogens (tertiary/aromatic N) is 4. The summed E-state index contributed by atoms with van der Waals surface area (Å²) in [6.07, 6.45) is 1.73. The van der Waals surface area contributed by atoms with E-state index in [2.05, 4.69) is 20.2 Å². The largest absolute Gasteiger partial charge is 0.454 e. The van der Waals surface area contributed by atoms with Crippen LogP contribution in [0.15, 0.2) is 66.9 Å². The molecule has 1 aliphatic heterocycles. The molecule has 4 aromatic rings. The van der Waals surface area contributed by atoms with Crippen LogP contribution in [0.5, 0.6) is 11.5 Å². The standard InChI is InChI=1S/C26H20FN5O3/c27-21-13-19(30-26(33)18-3-1-17(15-28)2-4-18)5-8-24(21)35-20-6-7-22-23(14-20)31-25(16-29-22)32-9-11-34-12-10-32/h1-8,13-14,16H,9-12H2,(H,30,33). The number of hydrogen-bond donors (Lipinski definition) is 1. The third kappa shape index (κ3) is 5.03. The van der Waals surface area contributed by atoms with Gasteiger partial charge in [0, 0.05) is 36.5 Å². The average Bonchev–Trinajstić information content (AvgIpc) is 2.90. The number of benzene rings is 3. The van der Waals surface area contributed by atoms with E-state index in [1.54, 1.807) is 42.6 Å². The molecule has 1 saturated heterocycles. The molecule has 0 radical (unpaired) electrons. The number of morpholine rings is 1. The molecule has 0 spiro atoms.